The number of hydrogen-bond acceptors (Lipinski definition) is 4. The Balaban J connectivity index is 2.90. The van der Waals surface area contributed by atoms with Gasteiger partial charge in [-0.25, -0.2) is 0 Å². The quantitative estimate of drug-likeness (QED) is 0.623. The Morgan fingerprint density at radius 2 is 2.05 bits per heavy atom. The normalized spacial score (nSPS) is 10.9. The zero-order valence-corrected chi connectivity index (χ0v) is 12.6. The number of amides is 2. The number of nitrogens with zero attached hydrogens (tertiary/aromatic N) is 1. The van der Waals surface area contributed by atoms with E-state index in [0.29, 0.717) is 4.47 Å². The van der Waals surface area contributed by atoms with Crippen LogP contribution in [0.1, 0.15) is 24.2 Å². The van der Waals surface area contributed by atoms with Gasteiger partial charge < -0.3 is 11.1 Å². The van der Waals surface area contributed by atoms with Crippen molar-refractivity contribution < 1.29 is 14.5 Å². The number of rotatable bonds is 5. The van der Waals surface area contributed by atoms with Gasteiger partial charge in [0.25, 0.3) is 11.6 Å². The van der Waals surface area contributed by atoms with Gasteiger partial charge in [-0.1, -0.05) is 0 Å². The third kappa shape index (κ3) is 3.77. The Kier molecular flexibility index (Phi) is 4.83. The van der Waals surface area contributed by atoms with Crippen LogP contribution in [0.5, 0.6) is 0 Å². The van der Waals surface area contributed by atoms with Crippen LogP contribution in [-0.4, -0.2) is 23.3 Å². The van der Waals surface area contributed by atoms with Gasteiger partial charge >= 0.3 is 0 Å². The highest BCUT2D eigenvalue weighted by molar-refractivity contribution is 9.10. The number of nitro benzene ring substituents is 1. The van der Waals surface area contributed by atoms with Gasteiger partial charge in [0.1, 0.15) is 0 Å². The first kappa shape index (κ1) is 16.1. The summed E-state index contributed by atoms with van der Waals surface area (Å²) in [6.07, 6.45) is 0. The number of primary amides is 1. The number of carbonyl (C=O) groups excluding carboxylic acids is 2. The number of hydrogen-bond donors (Lipinski definition) is 2. The summed E-state index contributed by atoms with van der Waals surface area (Å²) in [5.41, 5.74) is 4.24. The number of nitrogens with one attached hydrogen (secondary N) is 1. The van der Waals surface area contributed by atoms with Gasteiger partial charge in [-0.2, -0.15) is 0 Å². The molecule has 0 radical (unpaired) electrons. The number of nitro groups is 1. The first-order valence-corrected chi connectivity index (χ1v) is 6.46. The number of carbonyl (C=O) groups is 2. The van der Waals surface area contributed by atoms with Crippen LogP contribution in [0, 0.1) is 15.5 Å². The molecule has 0 fully saturated rings. The summed E-state index contributed by atoms with van der Waals surface area (Å²) >= 11 is 3.15. The molecule has 0 aliphatic rings. The molecule has 0 saturated heterocycles. The standard InChI is InChI=1S/C12H14BrN3O4/c1-12(2,11(14)18)6-15-10(17)8-5-7(16(19)20)3-4-9(8)13/h3-5H,6H2,1-2H3,(H2,14,18)(H,15,17). The second-order valence-electron chi connectivity index (χ2n) is 4.85. The zero-order valence-electron chi connectivity index (χ0n) is 11.0. The van der Waals surface area contributed by atoms with E-state index in [4.69, 9.17) is 5.73 Å². The fraction of sp³-hybridized carbons (Fsp3) is 0.333. The largest absolute Gasteiger partial charge is 0.369 e. The minimum Gasteiger partial charge on any atom is -0.369 e. The maximum atomic E-state index is 12.0. The number of non-ortho nitro benzene ring substituents is 1. The molecule has 1 aromatic rings. The molecule has 0 spiro atoms. The minimum atomic E-state index is -0.900. The van der Waals surface area contributed by atoms with Crippen molar-refractivity contribution in [1.29, 1.82) is 0 Å². The summed E-state index contributed by atoms with van der Waals surface area (Å²) in [7, 11) is 0. The molecule has 0 bridgehead atoms. The summed E-state index contributed by atoms with van der Waals surface area (Å²) in [4.78, 5) is 33.3. The molecule has 0 heterocycles. The Hall–Kier alpha value is -1.96. The lowest BCUT2D eigenvalue weighted by molar-refractivity contribution is -0.384. The summed E-state index contributed by atoms with van der Waals surface area (Å²) in [5, 5.41) is 13.2. The van der Waals surface area contributed by atoms with Gasteiger partial charge in [0.2, 0.25) is 5.91 Å². The molecular weight excluding hydrogens is 330 g/mol. The molecule has 1 aromatic carbocycles. The van der Waals surface area contributed by atoms with Crippen molar-refractivity contribution in [3.8, 4) is 0 Å². The molecule has 0 saturated carbocycles. The average molecular weight is 344 g/mol. The Bertz CT molecular complexity index is 572. The van der Waals surface area contributed by atoms with Crippen molar-refractivity contribution in [3.63, 3.8) is 0 Å². The van der Waals surface area contributed by atoms with E-state index in [0.717, 1.165) is 6.07 Å². The topological polar surface area (TPSA) is 115 Å². The molecule has 2 amide bonds. The molecule has 7 nitrogen and oxygen atoms in total. The van der Waals surface area contributed by atoms with Crippen LogP contribution in [0.4, 0.5) is 5.69 Å². The zero-order chi connectivity index (χ0) is 15.5. The monoisotopic (exact) mass is 343 g/mol. The van der Waals surface area contributed by atoms with Crippen molar-refractivity contribution in [2.75, 3.05) is 6.54 Å². The third-order valence-electron chi connectivity index (χ3n) is 2.76. The van der Waals surface area contributed by atoms with E-state index in [1.807, 2.05) is 0 Å². The van der Waals surface area contributed by atoms with Crippen LogP contribution in [0.15, 0.2) is 22.7 Å². The Morgan fingerprint density at radius 1 is 1.45 bits per heavy atom. The number of halogens is 1. The van der Waals surface area contributed by atoms with Crippen molar-refractivity contribution in [1.82, 2.24) is 5.32 Å². The molecule has 0 unspecified atom stereocenters. The van der Waals surface area contributed by atoms with Crippen LogP contribution in [0.25, 0.3) is 0 Å². The molecule has 0 aliphatic carbocycles. The van der Waals surface area contributed by atoms with E-state index in [2.05, 4.69) is 21.2 Å². The smallest absolute Gasteiger partial charge is 0.270 e. The molecule has 8 heteroatoms. The van der Waals surface area contributed by atoms with E-state index in [9.17, 15) is 19.7 Å². The molecule has 0 aliphatic heterocycles. The van der Waals surface area contributed by atoms with E-state index in [-0.39, 0.29) is 17.8 Å². The molecule has 20 heavy (non-hydrogen) atoms. The number of nitrogens with two attached hydrogens (primary N) is 1. The maximum Gasteiger partial charge on any atom is 0.270 e. The average Bonchev–Trinajstić information content (AvgIpc) is 2.36. The predicted molar refractivity (Wildman–Crippen MR) is 76.1 cm³/mol. The van der Waals surface area contributed by atoms with E-state index >= 15 is 0 Å². The summed E-state index contributed by atoms with van der Waals surface area (Å²) < 4.78 is 0.428. The van der Waals surface area contributed by atoms with Gasteiger partial charge in [0.15, 0.2) is 0 Å². The van der Waals surface area contributed by atoms with Gasteiger partial charge in [0.05, 0.1) is 15.9 Å². The SMILES string of the molecule is CC(C)(CNC(=O)c1cc([N+](=O)[O-])ccc1Br)C(N)=O. The lowest BCUT2D eigenvalue weighted by Gasteiger charge is -2.20. The van der Waals surface area contributed by atoms with Crippen LogP contribution in [0.3, 0.4) is 0 Å². The lowest BCUT2D eigenvalue weighted by atomic mass is 9.92. The molecule has 0 atom stereocenters. The van der Waals surface area contributed by atoms with Gasteiger partial charge in [0, 0.05) is 23.2 Å². The Labute approximate surface area is 123 Å². The lowest BCUT2D eigenvalue weighted by Crippen LogP contribution is -2.42. The van der Waals surface area contributed by atoms with Gasteiger partial charge in [-0.05, 0) is 35.8 Å². The van der Waals surface area contributed by atoms with E-state index < -0.39 is 22.2 Å². The molecule has 108 valence electrons. The number of benzene rings is 1. The van der Waals surface area contributed by atoms with Crippen molar-refractivity contribution >= 4 is 33.4 Å². The minimum absolute atomic E-state index is 0.0380. The summed E-state index contributed by atoms with van der Waals surface area (Å²) in [6, 6.07) is 3.87. The highest BCUT2D eigenvalue weighted by atomic mass is 79.9. The fourth-order valence-electron chi connectivity index (χ4n) is 1.28. The van der Waals surface area contributed by atoms with Crippen LogP contribution >= 0.6 is 15.9 Å². The first-order valence-electron chi connectivity index (χ1n) is 5.67. The van der Waals surface area contributed by atoms with Crippen molar-refractivity contribution in [2.45, 2.75) is 13.8 Å². The van der Waals surface area contributed by atoms with Crippen LogP contribution in [0.2, 0.25) is 0 Å². The molecular formula is C12H14BrN3O4. The van der Waals surface area contributed by atoms with Crippen molar-refractivity contribution in [2.24, 2.45) is 11.1 Å². The summed E-state index contributed by atoms with van der Waals surface area (Å²) in [6.45, 7) is 3.23. The summed E-state index contributed by atoms with van der Waals surface area (Å²) in [5.74, 6) is -1.06. The first-order chi connectivity index (χ1) is 9.15. The molecule has 0 aromatic heterocycles. The molecule has 3 N–H and O–H groups in total. The predicted octanol–water partition coefficient (Wildman–Crippen LogP) is 1.60. The van der Waals surface area contributed by atoms with Crippen LogP contribution < -0.4 is 11.1 Å². The second-order valence-corrected chi connectivity index (χ2v) is 5.71. The van der Waals surface area contributed by atoms with E-state index in [1.54, 1.807) is 13.8 Å². The van der Waals surface area contributed by atoms with Gasteiger partial charge in [-0.15, -0.1) is 0 Å². The van der Waals surface area contributed by atoms with Crippen LogP contribution in [-0.2, 0) is 4.79 Å². The Morgan fingerprint density at radius 3 is 2.55 bits per heavy atom. The van der Waals surface area contributed by atoms with E-state index in [1.165, 1.54) is 12.1 Å². The van der Waals surface area contributed by atoms with Gasteiger partial charge in [-0.3, -0.25) is 19.7 Å². The fourth-order valence-corrected chi connectivity index (χ4v) is 1.71. The van der Waals surface area contributed by atoms with Crippen molar-refractivity contribution in [3.05, 3.63) is 38.3 Å². The molecule has 1 rings (SSSR count). The second kappa shape index (κ2) is 6.00. The third-order valence-corrected chi connectivity index (χ3v) is 3.45. The highest BCUT2D eigenvalue weighted by Gasteiger charge is 2.26. The maximum absolute atomic E-state index is 12.0. The highest BCUT2D eigenvalue weighted by Crippen LogP contribution is 2.23.